The third kappa shape index (κ3) is 8.42. The maximum Gasteiger partial charge on any atom is 0.407 e. The van der Waals surface area contributed by atoms with E-state index in [0.717, 1.165) is 82.3 Å². The number of imidazole rings is 2. The number of aromatic nitrogens is 4. The summed E-state index contributed by atoms with van der Waals surface area (Å²) in [4.78, 5) is 72.5. The topological polar surface area (TPSA) is 184 Å². The van der Waals surface area contributed by atoms with Gasteiger partial charge in [0, 0.05) is 25.8 Å². The number of benzene rings is 4. The van der Waals surface area contributed by atoms with Gasteiger partial charge in [-0.15, -0.1) is 0 Å². The lowest BCUT2D eigenvalue weighted by Gasteiger charge is -2.30. The van der Waals surface area contributed by atoms with E-state index in [9.17, 15) is 19.2 Å². The lowest BCUT2D eigenvalue weighted by atomic mass is 9.98. The van der Waals surface area contributed by atoms with Gasteiger partial charge < -0.3 is 44.6 Å². The lowest BCUT2D eigenvalue weighted by Crippen LogP contribution is -2.54. The van der Waals surface area contributed by atoms with Crippen LogP contribution in [0.4, 0.5) is 9.59 Å². The van der Waals surface area contributed by atoms with Crippen molar-refractivity contribution in [2.24, 2.45) is 5.41 Å². The zero-order chi connectivity index (χ0) is 44.5. The maximum atomic E-state index is 14.0. The van der Waals surface area contributed by atoms with Crippen LogP contribution in [0.5, 0.6) is 0 Å². The zero-order valence-electron chi connectivity index (χ0n) is 36.3. The molecule has 1 spiro atoms. The largest absolute Gasteiger partial charge is 0.453 e. The van der Waals surface area contributed by atoms with E-state index in [0.29, 0.717) is 24.5 Å². The van der Waals surface area contributed by atoms with Crippen molar-refractivity contribution >= 4 is 34.8 Å². The molecule has 2 saturated heterocycles. The first kappa shape index (κ1) is 42.3. The standard InChI is InChI=1S/C49H52N8O7/c1-29(62-2)41(54-47(60)63-3)45(58)57-28-49(20-21-49)25-40(57)44-51-26-37(52-44)31-14-12-30(13-15-31)33-16-17-35-24-36(19-18-34(35)23-33)38-27-50-43(53-38)39-11-8-22-56(39)46(59)42(55-48(61)64-4)32-9-6-5-7-10-32/h5-7,9-10,12-19,23-24,26-27,29,39-42H,8,11,20-22,25,28H2,1-4H3,(H,50,53)(H,51,52)(H,54,60)(H,55,61)/t29-,39+,40+,41?,42-/m1/s1. The quantitative estimate of drug-likeness (QED) is 0.0951. The van der Waals surface area contributed by atoms with Crippen LogP contribution in [0.15, 0.2) is 103 Å². The summed E-state index contributed by atoms with van der Waals surface area (Å²) in [5.41, 5.74) is 6.56. The summed E-state index contributed by atoms with van der Waals surface area (Å²) in [5, 5.41) is 7.56. The summed E-state index contributed by atoms with van der Waals surface area (Å²) in [6.45, 7) is 2.91. The maximum absolute atomic E-state index is 14.0. The van der Waals surface area contributed by atoms with Gasteiger partial charge in [0.05, 0.1) is 56.2 Å². The number of aromatic amines is 2. The number of carbonyl (C=O) groups is 4. The van der Waals surface area contributed by atoms with Crippen molar-refractivity contribution in [2.45, 2.75) is 69.3 Å². The molecule has 4 amide bonds. The third-order valence-electron chi connectivity index (χ3n) is 13.2. The van der Waals surface area contributed by atoms with Gasteiger partial charge in [-0.05, 0) is 89.6 Å². The van der Waals surface area contributed by atoms with Gasteiger partial charge in [-0.1, -0.05) is 78.9 Å². The second-order valence-corrected chi connectivity index (χ2v) is 17.1. The molecule has 0 bridgehead atoms. The molecule has 0 radical (unpaired) electrons. The zero-order valence-corrected chi connectivity index (χ0v) is 36.3. The fourth-order valence-corrected chi connectivity index (χ4v) is 9.28. The molecule has 5 atom stereocenters. The number of nitrogens with one attached hydrogen (secondary N) is 4. The van der Waals surface area contributed by atoms with E-state index < -0.39 is 30.4 Å². The number of fused-ring (bicyclic) bond motifs is 1. The second-order valence-electron chi connectivity index (χ2n) is 17.1. The molecule has 2 aliphatic heterocycles. The molecule has 3 aliphatic rings. The van der Waals surface area contributed by atoms with E-state index in [1.165, 1.54) is 21.3 Å². The Kier molecular flexibility index (Phi) is 11.7. The average Bonchev–Trinajstić information content (AvgIpc) is 3.87. The molecule has 1 saturated carbocycles. The first-order valence-electron chi connectivity index (χ1n) is 21.7. The summed E-state index contributed by atoms with van der Waals surface area (Å²) in [5.74, 6) is 0.991. The van der Waals surface area contributed by atoms with E-state index >= 15 is 0 Å². The van der Waals surface area contributed by atoms with Gasteiger partial charge in [0.15, 0.2) is 0 Å². The number of hydrogen-bond acceptors (Lipinski definition) is 9. The van der Waals surface area contributed by atoms with Crippen LogP contribution < -0.4 is 10.6 Å². The summed E-state index contributed by atoms with van der Waals surface area (Å²) in [6, 6.07) is 28.0. The van der Waals surface area contributed by atoms with Gasteiger partial charge in [0.25, 0.3) is 5.91 Å². The first-order valence-corrected chi connectivity index (χ1v) is 21.7. The van der Waals surface area contributed by atoms with E-state index in [1.807, 2.05) is 47.6 Å². The summed E-state index contributed by atoms with van der Waals surface area (Å²) in [6.07, 6.45) is 6.20. The number of rotatable bonds is 12. The SMILES string of the molecule is COC(=O)NC(C(=O)N1CC2(CC2)C[C@H]1c1ncc(-c2ccc(-c3ccc4cc(-c5cnc([C@@H]6CCCN6C(=O)[C@H](NC(=O)OC)c6ccccc6)[nH]5)ccc4c3)cc2)[nH]1)[C@@H](C)OC. The number of nitrogens with zero attached hydrogens (tertiary/aromatic N) is 4. The Morgan fingerprint density at radius 2 is 1.30 bits per heavy atom. The van der Waals surface area contributed by atoms with Crippen LogP contribution in [0.1, 0.15) is 74.4 Å². The van der Waals surface area contributed by atoms with Crippen LogP contribution in [0.2, 0.25) is 0 Å². The lowest BCUT2D eigenvalue weighted by molar-refractivity contribution is -0.138. The fourth-order valence-electron chi connectivity index (χ4n) is 9.28. The van der Waals surface area contributed by atoms with E-state index in [2.05, 4.69) is 81.3 Å². The molecule has 64 heavy (non-hydrogen) atoms. The normalized spacial score (nSPS) is 19.0. The van der Waals surface area contributed by atoms with Gasteiger partial charge >= 0.3 is 12.2 Å². The minimum atomic E-state index is -0.898. The minimum absolute atomic E-state index is 0.0761. The van der Waals surface area contributed by atoms with Crippen molar-refractivity contribution in [1.82, 2.24) is 40.4 Å². The van der Waals surface area contributed by atoms with E-state index in [4.69, 9.17) is 24.2 Å². The van der Waals surface area contributed by atoms with Crippen molar-refractivity contribution in [2.75, 3.05) is 34.4 Å². The summed E-state index contributed by atoms with van der Waals surface area (Å²) in [7, 11) is 4.07. The Balaban J connectivity index is 0.883. The monoisotopic (exact) mass is 864 g/mol. The molecule has 2 aromatic heterocycles. The molecule has 4 N–H and O–H groups in total. The molecule has 6 aromatic rings. The van der Waals surface area contributed by atoms with Crippen molar-refractivity contribution in [3.63, 3.8) is 0 Å². The van der Waals surface area contributed by atoms with Crippen LogP contribution in [0.25, 0.3) is 44.4 Å². The Bertz CT molecular complexity index is 2680. The van der Waals surface area contributed by atoms with E-state index in [1.54, 1.807) is 11.8 Å². The number of likely N-dealkylation sites (tertiary alicyclic amines) is 2. The van der Waals surface area contributed by atoms with Crippen molar-refractivity contribution in [1.29, 1.82) is 0 Å². The Morgan fingerprint density at radius 3 is 1.95 bits per heavy atom. The summed E-state index contributed by atoms with van der Waals surface area (Å²) < 4.78 is 15.1. The summed E-state index contributed by atoms with van der Waals surface area (Å²) >= 11 is 0. The smallest absolute Gasteiger partial charge is 0.407 e. The molecule has 4 aromatic carbocycles. The molecule has 15 nitrogen and oxygen atoms in total. The van der Waals surface area contributed by atoms with Crippen LogP contribution in [-0.2, 0) is 23.8 Å². The number of H-pyrrole nitrogens is 2. The van der Waals surface area contributed by atoms with Crippen molar-refractivity contribution in [3.05, 3.63) is 121 Å². The van der Waals surface area contributed by atoms with Crippen molar-refractivity contribution in [3.8, 4) is 33.6 Å². The van der Waals surface area contributed by atoms with Crippen molar-refractivity contribution < 1.29 is 33.4 Å². The van der Waals surface area contributed by atoms with Gasteiger partial charge in [0.2, 0.25) is 5.91 Å². The number of amides is 4. The predicted octanol–water partition coefficient (Wildman–Crippen LogP) is 7.86. The molecule has 3 fully saturated rings. The highest BCUT2D eigenvalue weighted by Gasteiger charge is 2.55. The Labute approximate surface area is 370 Å². The molecule has 4 heterocycles. The van der Waals surface area contributed by atoms with Crippen LogP contribution >= 0.6 is 0 Å². The Morgan fingerprint density at radius 1 is 0.703 bits per heavy atom. The number of hydrogen-bond donors (Lipinski definition) is 4. The van der Waals surface area contributed by atoms with Crippen LogP contribution in [0.3, 0.4) is 0 Å². The predicted molar refractivity (Wildman–Crippen MR) is 239 cm³/mol. The van der Waals surface area contributed by atoms with Gasteiger partial charge in [-0.2, -0.15) is 0 Å². The van der Waals surface area contributed by atoms with Gasteiger partial charge in [-0.3, -0.25) is 9.59 Å². The minimum Gasteiger partial charge on any atom is -0.453 e. The molecule has 9 rings (SSSR count). The number of ether oxygens (including phenoxy) is 3. The van der Waals surface area contributed by atoms with E-state index in [-0.39, 0.29) is 29.3 Å². The first-order chi connectivity index (χ1) is 31.1. The second kappa shape index (κ2) is 17.6. The molecule has 330 valence electrons. The third-order valence-corrected chi connectivity index (χ3v) is 13.2. The van der Waals surface area contributed by atoms with Gasteiger partial charge in [-0.25, -0.2) is 19.6 Å². The molecule has 15 heteroatoms. The highest BCUT2D eigenvalue weighted by molar-refractivity contribution is 5.91. The highest BCUT2D eigenvalue weighted by Crippen LogP contribution is 2.58. The fraction of sp³-hybridized carbons (Fsp3) is 0.347. The number of methoxy groups -OCH3 is 3. The molecule has 1 aliphatic carbocycles. The number of alkyl carbamates (subject to hydrolysis) is 2. The Hall–Kier alpha value is -7.00. The highest BCUT2D eigenvalue weighted by atomic mass is 16.5. The number of carbonyl (C=O) groups excluding carboxylic acids is 4. The molecular formula is C49H52N8O7. The molecular weight excluding hydrogens is 813 g/mol. The van der Waals surface area contributed by atoms with Crippen LogP contribution in [0, 0.1) is 5.41 Å². The average molecular weight is 865 g/mol. The van der Waals surface area contributed by atoms with Gasteiger partial charge in [0.1, 0.15) is 23.7 Å². The molecule has 1 unspecified atom stereocenters. The van der Waals surface area contributed by atoms with Crippen LogP contribution in [-0.4, -0.2) is 100 Å².